The van der Waals surface area contributed by atoms with E-state index in [1.165, 1.54) is 31.4 Å². The van der Waals surface area contributed by atoms with Crippen molar-refractivity contribution in [1.29, 1.82) is 0 Å². The quantitative estimate of drug-likeness (QED) is 0.575. The summed E-state index contributed by atoms with van der Waals surface area (Å²) in [5, 5.41) is 6.34. The second-order valence-electron chi connectivity index (χ2n) is 5.46. The molecule has 7 nitrogen and oxygen atoms in total. The average Bonchev–Trinajstić information content (AvgIpc) is 2.69. The predicted molar refractivity (Wildman–Crippen MR) is 98.6 cm³/mol. The molecule has 2 aromatic carbocycles. The van der Waals surface area contributed by atoms with Crippen molar-refractivity contribution < 1.29 is 23.5 Å². The molecule has 142 valence electrons. The molecule has 8 heteroatoms. The van der Waals surface area contributed by atoms with Gasteiger partial charge in [-0.2, -0.15) is 5.10 Å². The monoisotopic (exact) mass is 373 g/mol. The molecule has 0 radical (unpaired) electrons. The molecule has 2 N–H and O–H groups in total. The van der Waals surface area contributed by atoms with Gasteiger partial charge in [-0.25, -0.2) is 9.82 Å². The SMILES string of the molecule is COc1ccc(C(C)=NNC(=O)CNC(=O)c2ccccc2F)c(OC)c1. The highest BCUT2D eigenvalue weighted by molar-refractivity contribution is 6.02. The van der Waals surface area contributed by atoms with Gasteiger partial charge in [-0.1, -0.05) is 12.1 Å². The van der Waals surface area contributed by atoms with E-state index >= 15 is 0 Å². The van der Waals surface area contributed by atoms with Crippen LogP contribution in [0.2, 0.25) is 0 Å². The first-order valence-corrected chi connectivity index (χ1v) is 8.04. The third-order valence-corrected chi connectivity index (χ3v) is 3.67. The summed E-state index contributed by atoms with van der Waals surface area (Å²) >= 11 is 0. The summed E-state index contributed by atoms with van der Waals surface area (Å²) in [6, 6.07) is 10.7. The molecular weight excluding hydrogens is 353 g/mol. The van der Waals surface area contributed by atoms with Crippen molar-refractivity contribution >= 4 is 17.5 Å². The highest BCUT2D eigenvalue weighted by Gasteiger charge is 2.12. The van der Waals surface area contributed by atoms with Gasteiger partial charge in [0.2, 0.25) is 0 Å². The summed E-state index contributed by atoms with van der Waals surface area (Å²) in [4.78, 5) is 23.8. The van der Waals surface area contributed by atoms with Gasteiger partial charge in [0.05, 0.1) is 32.0 Å². The number of hydrazone groups is 1. The largest absolute Gasteiger partial charge is 0.497 e. The van der Waals surface area contributed by atoms with Gasteiger partial charge in [-0.15, -0.1) is 0 Å². The second-order valence-corrected chi connectivity index (χ2v) is 5.46. The molecule has 2 amide bonds. The molecular formula is C19H20FN3O4. The minimum atomic E-state index is -0.680. The Morgan fingerprint density at radius 2 is 1.81 bits per heavy atom. The van der Waals surface area contributed by atoms with Crippen molar-refractivity contribution in [3.63, 3.8) is 0 Å². The molecule has 0 unspecified atom stereocenters. The topological polar surface area (TPSA) is 89.0 Å². The molecule has 0 fully saturated rings. The molecule has 0 aliphatic heterocycles. The standard InChI is InChI=1S/C19H20FN3O4/c1-12(14-9-8-13(26-2)10-17(14)27-3)22-23-18(24)11-21-19(25)15-6-4-5-7-16(15)20/h4-10H,11H2,1-3H3,(H,21,25)(H,23,24). The number of amides is 2. The molecule has 0 bridgehead atoms. The van der Waals surface area contributed by atoms with Crippen molar-refractivity contribution in [2.45, 2.75) is 6.92 Å². The van der Waals surface area contributed by atoms with Crippen molar-refractivity contribution in [3.05, 3.63) is 59.4 Å². The molecule has 0 spiro atoms. The van der Waals surface area contributed by atoms with E-state index in [2.05, 4.69) is 15.8 Å². The summed E-state index contributed by atoms with van der Waals surface area (Å²) in [5.74, 6) is -0.718. The Morgan fingerprint density at radius 1 is 1.07 bits per heavy atom. The van der Waals surface area contributed by atoms with Crippen molar-refractivity contribution in [3.8, 4) is 11.5 Å². The lowest BCUT2D eigenvalue weighted by atomic mass is 10.1. The molecule has 27 heavy (non-hydrogen) atoms. The first kappa shape index (κ1) is 19.9. The Balaban J connectivity index is 1.96. The zero-order valence-corrected chi connectivity index (χ0v) is 15.2. The zero-order valence-electron chi connectivity index (χ0n) is 15.2. The number of nitrogens with one attached hydrogen (secondary N) is 2. The first-order chi connectivity index (χ1) is 13.0. The maximum absolute atomic E-state index is 13.5. The molecule has 2 aromatic rings. The van der Waals surface area contributed by atoms with Crippen LogP contribution >= 0.6 is 0 Å². The number of methoxy groups -OCH3 is 2. The summed E-state index contributed by atoms with van der Waals surface area (Å²) < 4.78 is 23.9. The third-order valence-electron chi connectivity index (χ3n) is 3.67. The number of ether oxygens (including phenoxy) is 2. The minimum absolute atomic E-state index is 0.132. The molecule has 0 aliphatic rings. The Labute approximate surface area is 156 Å². The summed E-state index contributed by atoms with van der Waals surface area (Å²) in [6.45, 7) is 1.35. The fourth-order valence-electron chi connectivity index (χ4n) is 2.24. The van der Waals surface area contributed by atoms with Crippen LogP contribution < -0.4 is 20.2 Å². The average molecular weight is 373 g/mol. The number of hydrogen-bond acceptors (Lipinski definition) is 5. The number of rotatable bonds is 7. The fraction of sp³-hybridized carbons (Fsp3) is 0.211. The van der Waals surface area contributed by atoms with Gasteiger partial charge >= 0.3 is 0 Å². The van der Waals surface area contributed by atoms with Crippen molar-refractivity contribution in [2.75, 3.05) is 20.8 Å². The van der Waals surface area contributed by atoms with Crippen LogP contribution in [0.1, 0.15) is 22.8 Å². The Bertz CT molecular complexity index is 868. The van der Waals surface area contributed by atoms with Gasteiger partial charge < -0.3 is 14.8 Å². The Hall–Kier alpha value is -3.42. The van der Waals surface area contributed by atoms with Crippen LogP contribution in [0, 0.1) is 5.82 Å². The number of hydrogen-bond donors (Lipinski definition) is 2. The smallest absolute Gasteiger partial charge is 0.259 e. The number of benzene rings is 2. The lowest BCUT2D eigenvalue weighted by Gasteiger charge is -2.10. The highest BCUT2D eigenvalue weighted by Crippen LogP contribution is 2.24. The van der Waals surface area contributed by atoms with Crippen LogP contribution in [0.5, 0.6) is 11.5 Å². The summed E-state index contributed by atoms with van der Waals surface area (Å²) in [5.41, 5.74) is 3.38. The van der Waals surface area contributed by atoms with Gasteiger partial charge in [0, 0.05) is 11.6 Å². The van der Waals surface area contributed by atoms with Crippen LogP contribution in [0.15, 0.2) is 47.6 Å². The molecule has 2 rings (SSSR count). The van der Waals surface area contributed by atoms with Crippen LogP contribution in [0.25, 0.3) is 0 Å². The maximum Gasteiger partial charge on any atom is 0.259 e. The van der Waals surface area contributed by atoms with E-state index in [4.69, 9.17) is 9.47 Å². The van der Waals surface area contributed by atoms with E-state index in [9.17, 15) is 14.0 Å². The minimum Gasteiger partial charge on any atom is -0.497 e. The molecule has 0 heterocycles. The number of nitrogens with zero attached hydrogens (tertiary/aromatic N) is 1. The van der Waals surface area contributed by atoms with Gasteiger partial charge in [0.15, 0.2) is 0 Å². The van der Waals surface area contributed by atoms with E-state index in [-0.39, 0.29) is 12.1 Å². The van der Waals surface area contributed by atoms with E-state index in [0.717, 1.165) is 0 Å². The number of carbonyl (C=O) groups is 2. The lowest BCUT2D eigenvalue weighted by molar-refractivity contribution is -0.120. The summed E-state index contributed by atoms with van der Waals surface area (Å²) in [7, 11) is 3.06. The fourth-order valence-corrected chi connectivity index (χ4v) is 2.24. The van der Waals surface area contributed by atoms with Gasteiger partial charge in [-0.05, 0) is 31.2 Å². The molecule has 0 aliphatic carbocycles. The molecule has 0 saturated heterocycles. The van der Waals surface area contributed by atoms with E-state index in [0.29, 0.717) is 22.8 Å². The normalized spacial score (nSPS) is 10.9. The van der Waals surface area contributed by atoms with E-state index in [1.807, 2.05) is 0 Å². The van der Waals surface area contributed by atoms with Crippen molar-refractivity contribution in [1.82, 2.24) is 10.7 Å². The highest BCUT2D eigenvalue weighted by atomic mass is 19.1. The first-order valence-electron chi connectivity index (χ1n) is 8.04. The van der Waals surface area contributed by atoms with Gasteiger partial charge in [0.25, 0.3) is 11.8 Å². The van der Waals surface area contributed by atoms with E-state index < -0.39 is 17.6 Å². The number of carbonyl (C=O) groups excluding carboxylic acids is 2. The van der Waals surface area contributed by atoms with Crippen LogP contribution in [-0.4, -0.2) is 38.3 Å². The van der Waals surface area contributed by atoms with Crippen molar-refractivity contribution in [2.24, 2.45) is 5.10 Å². The predicted octanol–water partition coefficient (Wildman–Crippen LogP) is 2.11. The van der Waals surface area contributed by atoms with Crippen LogP contribution in [0.3, 0.4) is 0 Å². The van der Waals surface area contributed by atoms with Crippen LogP contribution in [0.4, 0.5) is 4.39 Å². The number of halogens is 1. The van der Waals surface area contributed by atoms with Crippen LogP contribution in [-0.2, 0) is 4.79 Å². The molecule has 0 saturated carbocycles. The summed E-state index contributed by atoms with van der Waals surface area (Å²) in [6.07, 6.45) is 0. The second kappa shape index (κ2) is 9.33. The zero-order chi connectivity index (χ0) is 19.8. The third kappa shape index (κ3) is 5.27. The Morgan fingerprint density at radius 3 is 2.48 bits per heavy atom. The van der Waals surface area contributed by atoms with Gasteiger partial charge in [-0.3, -0.25) is 9.59 Å². The lowest BCUT2D eigenvalue weighted by Crippen LogP contribution is -2.35. The van der Waals surface area contributed by atoms with Gasteiger partial charge in [0.1, 0.15) is 17.3 Å². The molecule has 0 aromatic heterocycles. The maximum atomic E-state index is 13.5. The molecule has 0 atom stereocenters. The Kier molecular flexibility index (Phi) is 6.87. The van der Waals surface area contributed by atoms with E-state index in [1.54, 1.807) is 32.2 Å².